The fraction of sp³-hybridized carbons (Fsp3) is 0.545. The molecule has 0 saturated carbocycles. The minimum absolute atomic E-state index is 0.0425. The van der Waals surface area contributed by atoms with Gasteiger partial charge < -0.3 is 24.3 Å². The van der Waals surface area contributed by atoms with E-state index < -0.39 is 5.97 Å². The first-order valence-corrected chi connectivity index (χ1v) is 5.48. The monoisotopic (exact) mass is 241 g/mol. The number of furan rings is 1. The summed E-state index contributed by atoms with van der Waals surface area (Å²) in [7, 11) is 0. The normalized spacial score (nSPS) is 20.4. The second-order valence-electron chi connectivity index (χ2n) is 3.77. The Morgan fingerprint density at radius 2 is 2.35 bits per heavy atom. The maximum absolute atomic E-state index is 10.6. The van der Waals surface area contributed by atoms with Crippen molar-refractivity contribution in [2.45, 2.75) is 12.6 Å². The summed E-state index contributed by atoms with van der Waals surface area (Å²) in [6.45, 7) is 2.99. The zero-order chi connectivity index (χ0) is 12.1. The Labute approximate surface area is 98.5 Å². The number of hydrogen-bond acceptors (Lipinski definition) is 5. The molecule has 6 heteroatoms. The Morgan fingerprint density at radius 1 is 1.47 bits per heavy atom. The summed E-state index contributed by atoms with van der Waals surface area (Å²) in [4.78, 5) is 10.6. The maximum Gasteiger partial charge on any atom is 0.371 e. The van der Waals surface area contributed by atoms with Crippen molar-refractivity contribution in [1.29, 1.82) is 0 Å². The lowest BCUT2D eigenvalue weighted by atomic mass is 10.3. The van der Waals surface area contributed by atoms with E-state index in [2.05, 4.69) is 5.32 Å². The van der Waals surface area contributed by atoms with Gasteiger partial charge in [-0.25, -0.2) is 4.79 Å². The Balaban J connectivity index is 1.71. The van der Waals surface area contributed by atoms with Gasteiger partial charge in [0.05, 0.1) is 32.5 Å². The number of aromatic carboxylic acids is 1. The predicted octanol–water partition coefficient (Wildman–Crippen LogP) is 0.483. The minimum Gasteiger partial charge on any atom is -0.475 e. The Hall–Kier alpha value is -1.37. The van der Waals surface area contributed by atoms with Gasteiger partial charge in [-0.05, 0) is 12.1 Å². The number of carboxylic acids is 1. The fourth-order valence-corrected chi connectivity index (χ4v) is 1.60. The van der Waals surface area contributed by atoms with Crippen LogP contribution in [0.3, 0.4) is 0 Å². The van der Waals surface area contributed by atoms with E-state index in [0.717, 1.165) is 0 Å². The van der Waals surface area contributed by atoms with Crippen LogP contribution in [0.25, 0.3) is 0 Å². The average molecular weight is 241 g/mol. The lowest BCUT2D eigenvalue weighted by Crippen LogP contribution is -2.37. The van der Waals surface area contributed by atoms with Crippen LogP contribution >= 0.6 is 0 Å². The van der Waals surface area contributed by atoms with Crippen molar-refractivity contribution in [3.63, 3.8) is 0 Å². The van der Waals surface area contributed by atoms with Crippen molar-refractivity contribution in [2.24, 2.45) is 0 Å². The topological polar surface area (TPSA) is 80.9 Å². The maximum atomic E-state index is 10.6. The zero-order valence-electron chi connectivity index (χ0n) is 9.35. The number of rotatable bonds is 5. The lowest BCUT2D eigenvalue weighted by molar-refractivity contribution is -0.0865. The zero-order valence-corrected chi connectivity index (χ0v) is 9.35. The van der Waals surface area contributed by atoms with E-state index in [4.69, 9.17) is 19.0 Å². The van der Waals surface area contributed by atoms with Gasteiger partial charge in [-0.3, -0.25) is 0 Å². The van der Waals surface area contributed by atoms with Crippen LogP contribution in [0, 0.1) is 0 Å². The second-order valence-corrected chi connectivity index (χ2v) is 3.77. The van der Waals surface area contributed by atoms with Crippen molar-refractivity contribution in [3.8, 4) is 0 Å². The third-order valence-corrected chi connectivity index (χ3v) is 2.43. The highest BCUT2D eigenvalue weighted by Gasteiger charge is 2.14. The van der Waals surface area contributed by atoms with Crippen molar-refractivity contribution in [2.75, 3.05) is 26.4 Å². The first kappa shape index (κ1) is 12.1. The first-order valence-electron chi connectivity index (χ1n) is 5.48. The molecule has 1 saturated heterocycles. The number of hydrogen-bond donors (Lipinski definition) is 2. The van der Waals surface area contributed by atoms with Gasteiger partial charge in [0.15, 0.2) is 0 Å². The van der Waals surface area contributed by atoms with Gasteiger partial charge >= 0.3 is 5.97 Å². The molecule has 1 aliphatic heterocycles. The molecule has 94 valence electrons. The summed E-state index contributed by atoms with van der Waals surface area (Å²) in [5, 5.41) is 11.8. The summed E-state index contributed by atoms with van der Waals surface area (Å²) in [5.41, 5.74) is 0. The van der Waals surface area contributed by atoms with E-state index in [-0.39, 0.29) is 11.9 Å². The summed E-state index contributed by atoms with van der Waals surface area (Å²) in [6.07, 6.45) is 0.0534. The molecule has 0 aliphatic carbocycles. The Bertz CT molecular complexity index is 370. The average Bonchev–Trinajstić information content (AvgIpc) is 2.79. The number of nitrogens with one attached hydrogen (secondary N) is 1. The summed E-state index contributed by atoms with van der Waals surface area (Å²) in [6, 6.07) is 3.09. The molecule has 2 rings (SSSR count). The van der Waals surface area contributed by atoms with E-state index in [1.807, 2.05) is 0 Å². The largest absolute Gasteiger partial charge is 0.475 e. The minimum atomic E-state index is -1.06. The molecule has 6 nitrogen and oxygen atoms in total. The van der Waals surface area contributed by atoms with Crippen LogP contribution in [-0.4, -0.2) is 43.5 Å². The van der Waals surface area contributed by atoms with E-state index in [0.29, 0.717) is 38.7 Å². The molecule has 1 unspecified atom stereocenters. The molecule has 2 heterocycles. The molecule has 0 amide bonds. The highest BCUT2D eigenvalue weighted by molar-refractivity contribution is 5.84. The lowest BCUT2D eigenvalue weighted by Gasteiger charge is -2.22. The Morgan fingerprint density at radius 3 is 3.00 bits per heavy atom. The summed E-state index contributed by atoms with van der Waals surface area (Å²) < 4.78 is 15.8. The molecule has 0 bridgehead atoms. The molecule has 0 radical (unpaired) electrons. The van der Waals surface area contributed by atoms with Crippen LogP contribution in [0.2, 0.25) is 0 Å². The van der Waals surface area contributed by atoms with Gasteiger partial charge in [0.25, 0.3) is 0 Å². The highest BCUT2D eigenvalue weighted by Crippen LogP contribution is 2.07. The molecule has 1 aliphatic rings. The quantitative estimate of drug-likeness (QED) is 0.780. The van der Waals surface area contributed by atoms with Gasteiger partial charge in [-0.15, -0.1) is 0 Å². The van der Waals surface area contributed by atoms with Gasteiger partial charge in [-0.2, -0.15) is 0 Å². The number of ether oxygens (including phenoxy) is 2. The van der Waals surface area contributed by atoms with E-state index in [1.54, 1.807) is 6.07 Å². The standard InChI is InChI=1S/C11H15NO5/c13-11(14)10-2-1-8(17-10)5-12-6-9-7-15-3-4-16-9/h1-2,9,12H,3-7H2,(H,13,14). The van der Waals surface area contributed by atoms with Crippen LogP contribution in [0.4, 0.5) is 0 Å². The smallest absolute Gasteiger partial charge is 0.371 e. The summed E-state index contributed by atoms with van der Waals surface area (Å²) in [5.74, 6) is -0.501. The van der Waals surface area contributed by atoms with Crippen LogP contribution in [0.15, 0.2) is 16.5 Å². The first-order chi connectivity index (χ1) is 8.25. The highest BCUT2D eigenvalue weighted by atomic mass is 16.6. The number of carbonyl (C=O) groups is 1. The molecule has 2 N–H and O–H groups in total. The third kappa shape index (κ3) is 3.55. The molecule has 0 aromatic carbocycles. The summed E-state index contributed by atoms with van der Waals surface area (Å²) >= 11 is 0. The van der Waals surface area contributed by atoms with E-state index in [9.17, 15) is 4.79 Å². The van der Waals surface area contributed by atoms with E-state index in [1.165, 1.54) is 6.07 Å². The van der Waals surface area contributed by atoms with Crippen LogP contribution in [0.5, 0.6) is 0 Å². The molecule has 1 aromatic rings. The van der Waals surface area contributed by atoms with Crippen molar-refractivity contribution < 1.29 is 23.8 Å². The van der Waals surface area contributed by atoms with Gasteiger partial charge in [-0.1, -0.05) is 0 Å². The fourth-order valence-electron chi connectivity index (χ4n) is 1.60. The molecule has 1 fully saturated rings. The predicted molar refractivity (Wildman–Crippen MR) is 57.9 cm³/mol. The van der Waals surface area contributed by atoms with Gasteiger partial charge in [0.1, 0.15) is 5.76 Å². The molecule has 1 aromatic heterocycles. The second kappa shape index (κ2) is 5.81. The van der Waals surface area contributed by atoms with Crippen molar-refractivity contribution in [1.82, 2.24) is 5.32 Å². The van der Waals surface area contributed by atoms with Crippen molar-refractivity contribution >= 4 is 5.97 Å². The Kier molecular flexibility index (Phi) is 4.13. The van der Waals surface area contributed by atoms with Crippen LogP contribution in [-0.2, 0) is 16.0 Å². The van der Waals surface area contributed by atoms with Crippen LogP contribution < -0.4 is 5.32 Å². The van der Waals surface area contributed by atoms with Gasteiger partial charge in [0, 0.05) is 6.54 Å². The molecule has 17 heavy (non-hydrogen) atoms. The molecular weight excluding hydrogens is 226 g/mol. The van der Waals surface area contributed by atoms with Gasteiger partial charge in [0.2, 0.25) is 5.76 Å². The van der Waals surface area contributed by atoms with Crippen LogP contribution in [0.1, 0.15) is 16.3 Å². The van der Waals surface area contributed by atoms with Crippen molar-refractivity contribution in [3.05, 3.63) is 23.7 Å². The molecule has 0 spiro atoms. The third-order valence-electron chi connectivity index (χ3n) is 2.43. The molecule has 1 atom stereocenters. The molecular formula is C11H15NO5. The SMILES string of the molecule is O=C(O)c1ccc(CNCC2COCCO2)o1. The van der Waals surface area contributed by atoms with E-state index >= 15 is 0 Å². The number of carboxylic acid groups (broad SMARTS) is 1.